The Labute approximate surface area is 139 Å². The van der Waals surface area contributed by atoms with Crippen molar-refractivity contribution in [2.75, 3.05) is 13.1 Å². The second-order valence-corrected chi connectivity index (χ2v) is 5.98. The zero-order chi connectivity index (χ0) is 16.4. The maximum absolute atomic E-state index is 12.9. The average molecular weight is 322 g/mol. The molecular formula is C17H18N6O. The Kier molecular flexibility index (Phi) is 3.82. The van der Waals surface area contributed by atoms with Crippen LogP contribution < -0.4 is 0 Å². The van der Waals surface area contributed by atoms with Gasteiger partial charge >= 0.3 is 0 Å². The topological polar surface area (TPSA) is 79.7 Å². The van der Waals surface area contributed by atoms with Crippen LogP contribution in [0.2, 0.25) is 0 Å². The maximum Gasteiger partial charge on any atom is 0.253 e. The summed E-state index contributed by atoms with van der Waals surface area (Å²) >= 11 is 0. The summed E-state index contributed by atoms with van der Waals surface area (Å²) in [6.45, 7) is 1.48. The molecule has 1 aliphatic rings. The number of nitrogens with zero attached hydrogens (tertiary/aromatic N) is 5. The van der Waals surface area contributed by atoms with Crippen molar-refractivity contribution in [3.05, 3.63) is 60.7 Å². The Bertz CT molecular complexity index is 811. The van der Waals surface area contributed by atoms with E-state index in [1.165, 1.54) is 0 Å². The van der Waals surface area contributed by atoms with Gasteiger partial charge in [-0.3, -0.25) is 9.36 Å². The highest BCUT2D eigenvalue weighted by Crippen LogP contribution is 2.25. The number of hydrogen-bond donors (Lipinski definition) is 1. The second kappa shape index (κ2) is 6.27. The number of piperidine rings is 1. The minimum absolute atomic E-state index is 0.0566. The van der Waals surface area contributed by atoms with Gasteiger partial charge < -0.3 is 9.88 Å². The molecule has 0 bridgehead atoms. The van der Waals surface area contributed by atoms with Gasteiger partial charge in [-0.15, -0.1) is 10.2 Å². The third-order valence-corrected chi connectivity index (χ3v) is 4.42. The molecule has 3 aromatic rings. The molecule has 1 atom stereocenters. The van der Waals surface area contributed by atoms with Crippen LogP contribution in [-0.4, -0.2) is 48.6 Å². The molecule has 1 fully saturated rings. The largest absolute Gasteiger partial charge is 0.348 e. The van der Waals surface area contributed by atoms with Crippen molar-refractivity contribution < 1.29 is 4.79 Å². The summed E-state index contributed by atoms with van der Waals surface area (Å²) < 4.78 is 1.79. The Morgan fingerprint density at radius 3 is 2.92 bits per heavy atom. The van der Waals surface area contributed by atoms with E-state index in [2.05, 4.69) is 20.2 Å². The first-order valence-electron chi connectivity index (χ1n) is 8.05. The van der Waals surface area contributed by atoms with Crippen molar-refractivity contribution in [3.63, 3.8) is 0 Å². The number of carbonyl (C=O) groups is 1. The third-order valence-electron chi connectivity index (χ3n) is 4.42. The van der Waals surface area contributed by atoms with Gasteiger partial charge in [-0.05, 0) is 31.0 Å². The van der Waals surface area contributed by atoms with E-state index in [-0.39, 0.29) is 11.8 Å². The summed E-state index contributed by atoms with van der Waals surface area (Å²) in [6.07, 6.45) is 8.88. The zero-order valence-corrected chi connectivity index (χ0v) is 13.2. The van der Waals surface area contributed by atoms with Gasteiger partial charge in [0.15, 0.2) is 0 Å². The van der Waals surface area contributed by atoms with E-state index in [4.69, 9.17) is 0 Å². The number of H-pyrrole nitrogens is 1. The summed E-state index contributed by atoms with van der Waals surface area (Å²) in [6, 6.07) is 7.55. The van der Waals surface area contributed by atoms with Crippen LogP contribution in [0.4, 0.5) is 0 Å². The zero-order valence-electron chi connectivity index (χ0n) is 13.2. The fourth-order valence-electron chi connectivity index (χ4n) is 3.20. The molecule has 4 rings (SSSR count). The summed E-state index contributed by atoms with van der Waals surface area (Å²) in [4.78, 5) is 22.3. The number of rotatable bonds is 3. The van der Waals surface area contributed by atoms with E-state index in [1.807, 2.05) is 35.4 Å². The standard InChI is InChI=1S/C17H18N6O/c24-17(13-3-1-5-15(9-13)23-11-20-21-12-23)22-8-2-4-14(10-22)16-18-6-7-19-16/h1,3,5-7,9,11-12,14H,2,4,8,10H2,(H,18,19)/t14-/m1/s1. The fraction of sp³-hybridized carbons (Fsp3) is 0.294. The lowest BCUT2D eigenvalue weighted by Crippen LogP contribution is -2.39. The maximum atomic E-state index is 12.9. The van der Waals surface area contributed by atoms with Crippen LogP contribution in [0.15, 0.2) is 49.3 Å². The van der Waals surface area contributed by atoms with Crippen LogP contribution in [0.25, 0.3) is 5.69 Å². The summed E-state index contributed by atoms with van der Waals surface area (Å²) in [7, 11) is 0. The molecule has 7 heteroatoms. The molecule has 0 aliphatic carbocycles. The summed E-state index contributed by atoms with van der Waals surface area (Å²) in [5.74, 6) is 1.30. The lowest BCUT2D eigenvalue weighted by Gasteiger charge is -2.32. The van der Waals surface area contributed by atoms with Crippen LogP contribution in [0.3, 0.4) is 0 Å². The molecule has 7 nitrogen and oxygen atoms in total. The van der Waals surface area contributed by atoms with Crippen molar-refractivity contribution in [2.45, 2.75) is 18.8 Å². The van der Waals surface area contributed by atoms with Gasteiger partial charge in [-0.25, -0.2) is 4.98 Å². The van der Waals surface area contributed by atoms with Crippen molar-refractivity contribution >= 4 is 5.91 Å². The summed E-state index contributed by atoms with van der Waals surface area (Å²) in [5.41, 5.74) is 1.56. The van der Waals surface area contributed by atoms with Gasteiger partial charge in [0, 0.05) is 42.7 Å². The number of likely N-dealkylation sites (tertiary alicyclic amines) is 1. The number of aromatic amines is 1. The molecule has 2 aromatic heterocycles. The van der Waals surface area contributed by atoms with Crippen molar-refractivity contribution in [1.82, 2.24) is 29.6 Å². The van der Waals surface area contributed by atoms with Crippen molar-refractivity contribution in [1.29, 1.82) is 0 Å². The molecular weight excluding hydrogens is 304 g/mol. The van der Waals surface area contributed by atoms with Crippen LogP contribution in [-0.2, 0) is 0 Å². The molecule has 122 valence electrons. The molecule has 1 saturated heterocycles. The van der Waals surface area contributed by atoms with Crippen LogP contribution in [0.1, 0.15) is 34.9 Å². The van der Waals surface area contributed by atoms with E-state index in [0.717, 1.165) is 30.9 Å². The molecule has 0 saturated carbocycles. The van der Waals surface area contributed by atoms with Gasteiger partial charge in [-0.2, -0.15) is 0 Å². The first-order chi connectivity index (χ1) is 11.8. The van der Waals surface area contributed by atoms with Gasteiger partial charge in [-0.1, -0.05) is 6.07 Å². The highest BCUT2D eigenvalue weighted by Gasteiger charge is 2.26. The number of hydrogen-bond acceptors (Lipinski definition) is 4. The normalized spacial score (nSPS) is 17.8. The fourth-order valence-corrected chi connectivity index (χ4v) is 3.20. The quantitative estimate of drug-likeness (QED) is 0.800. The third kappa shape index (κ3) is 2.80. The van der Waals surface area contributed by atoms with Gasteiger partial charge in [0.25, 0.3) is 5.91 Å². The molecule has 3 heterocycles. The molecule has 1 aliphatic heterocycles. The lowest BCUT2D eigenvalue weighted by molar-refractivity contribution is 0.0705. The van der Waals surface area contributed by atoms with E-state index >= 15 is 0 Å². The Hall–Kier alpha value is -2.96. The van der Waals surface area contributed by atoms with Crippen LogP contribution >= 0.6 is 0 Å². The van der Waals surface area contributed by atoms with E-state index < -0.39 is 0 Å². The molecule has 1 N–H and O–H groups in total. The molecule has 1 aromatic carbocycles. The van der Waals surface area contributed by atoms with Crippen molar-refractivity contribution in [2.24, 2.45) is 0 Å². The van der Waals surface area contributed by atoms with Crippen molar-refractivity contribution in [3.8, 4) is 5.69 Å². The van der Waals surface area contributed by atoms with Crippen LogP contribution in [0, 0.1) is 0 Å². The number of imidazole rings is 1. The first-order valence-corrected chi connectivity index (χ1v) is 8.05. The predicted molar refractivity (Wildman–Crippen MR) is 87.8 cm³/mol. The van der Waals surface area contributed by atoms with E-state index in [9.17, 15) is 4.79 Å². The number of aromatic nitrogens is 5. The van der Waals surface area contributed by atoms with Crippen LogP contribution in [0.5, 0.6) is 0 Å². The number of nitrogens with one attached hydrogen (secondary N) is 1. The minimum atomic E-state index is 0.0566. The SMILES string of the molecule is O=C(c1cccc(-n2cnnc2)c1)N1CCC[C@@H](c2ncc[nH]2)C1. The Morgan fingerprint density at radius 1 is 1.25 bits per heavy atom. The number of amides is 1. The molecule has 0 radical (unpaired) electrons. The Morgan fingerprint density at radius 2 is 2.12 bits per heavy atom. The number of benzene rings is 1. The minimum Gasteiger partial charge on any atom is -0.348 e. The highest BCUT2D eigenvalue weighted by molar-refractivity contribution is 5.94. The Balaban J connectivity index is 1.54. The molecule has 24 heavy (non-hydrogen) atoms. The first kappa shape index (κ1) is 14.6. The van der Waals surface area contributed by atoms with Gasteiger partial charge in [0.1, 0.15) is 18.5 Å². The lowest BCUT2D eigenvalue weighted by atomic mass is 9.96. The molecule has 1 amide bonds. The summed E-state index contributed by atoms with van der Waals surface area (Å²) in [5, 5.41) is 7.62. The van der Waals surface area contributed by atoms with Gasteiger partial charge in [0.05, 0.1) is 0 Å². The predicted octanol–water partition coefficient (Wildman–Crippen LogP) is 2.01. The van der Waals surface area contributed by atoms with Gasteiger partial charge in [0.2, 0.25) is 0 Å². The highest BCUT2D eigenvalue weighted by atomic mass is 16.2. The molecule has 0 spiro atoms. The van der Waals surface area contributed by atoms with E-state index in [1.54, 1.807) is 23.4 Å². The smallest absolute Gasteiger partial charge is 0.253 e. The second-order valence-electron chi connectivity index (χ2n) is 5.98. The van der Waals surface area contributed by atoms with E-state index in [0.29, 0.717) is 12.1 Å². The monoisotopic (exact) mass is 322 g/mol. The average Bonchev–Trinajstić information content (AvgIpc) is 3.35. The number of carbonyl (C=O) groups excluding carboxylic acids is 1. The molecule has 0 unspecified atom stereocenters.